The van der Waals surface area contributed by atoms with Gasteiger partial charge in [0.05, 0.1) is 13.2 Å². The molecule has 1 aromatic carbocycles. The van der Waals surface area contributed by atoms with Crippen molar-refractivity contribution in [3.8, 4) is 5.75 Å². The summed E-state index contributed by atoms with van der Waals surface area (Å²) in [4.78, 5) is 4.51. The van der Waals surface area contributed by atoms with E-state index < -0.39 is 10.0 Å². The predicted molar refractivity (Wildman–Crippen MR) is 84.6 cm³/mol. The molecule has 0 saturated carbocycles. The Bertz CT molecular complexity index is 788. The number of sulfonamides is 1. The largest absolute Gasteiger partial charge is 0.495 e. The molecule has 7 nitrogen and oxygen atoms in total. The van der Waals surface area contributed by atoms with Gasteiger partial charge in [0, 0.05) is 6.54 Å². The third-order valence-corrected chi connectivity index (χ3v) is 5.97. The van der Waals surface area contributed by atoms with Crippen molar-refractivity contribution in [2.24, 2.45) is 0 Å². The molecule has 0 radical (unpaired) electrons. The Kier molecular flexibility index (Phi) is 4.36. The molecule has 0 spiro atoms. The van der Waals surface area contributed by atoms with Crippen molar-refractivity contribution in [2.45, 2.75) is 37.1 Å². The number of hydrogen-bond donors (Lipinski definition) is 1. The van der Waals surface area contributed by atoms with E-state index in [2.05, 4.69) is 15.2 Å². The molecule has 1 aliphatic rings. The van der Waals surface area contributed by atoms with Gasteiger partial charge in [0.2, 0.25) is 10.0 Å². The molecule has 1 unspecified atom stereocenters. The maximum Gasteiger partial charge on any atom is 0.247 e. The van der Waals surface area contributed by atoms with Gasteiger partial charge >= 0.3 is 0 Å². The highest BCUT2D eigenvalue weighted by Crippen LogP contribution is 2.36. The Hall–Kier alpha value is -1.93. The van der Waals surface area contributed by atoms with Crippen molar-refractivity contribution in [1.29, 1.82) is 0 Å². The van der Waals surface area contributed by atoms with Crippen LogP contribution in [0.2, 0.25) is 0 Å². The van der Waals surface area contributed by atoms with Crippen molar-refractivity contribution in [3.63, 3.8) is 0 Å². The van der Waals surface area contributed by atoms with Gasteiger partial charge in [0.15, 0.2) is 5.82 Å². The number of aryl methyl sites for hydroxylation is 1. The number of ether oxygens (including phenoxy) is 1. The molecule has 23 heavy (non-hydrogen) atoms. The second-order valence-electron chi connectivity index (χ2n) is 5.56. The molecule has 2 heterocycles. The highest BCUT2D eigenvalue weighted by Gasteiger charge is 2.37. The van der Waals surface area contributed by atoms with Crippen LogP contribution in [0.3, 0.4) is 0 Å². The molecule has 1 N–H and O–H groups in total. The van der Waals surface area contributed by atoms with E-state index in [0.29, 0.717) is 30.4 Å². The van der Waals surface area contributed by atoms with Crippen LogP contribution in [0.15, 0.2) is 29.2 Å². The van der Waals surface area contributed by atoms with Crippen LogP contribution in [0.1, 0.15) is 37.0 Å². The molecule has 1 atom stereocenters. The summed E-state index contributed by atoms with van der Waals surface area (Å²) in [6.07, 6.45) is 2.50. The average molecular weight is 336 g/mol. The van der Waals surface area contributed by atoms with E-state index in [1.54, 1.807) is 31.2 Å². The van der Waals surface area contributed by atoms with E-state index in [-0.39, 0.29) is 10.9 Å². The Labute approximate surface area is 135 Å². The predicted octanol–water partition coefficient (Wildman–Crippen LogP) is 2.04. The molecule has 3 rings (SSSR count). The lowest BCUT2D eigenvalue weighted by atomic mass is 10.0. The van der Waals surface area contributed by atoms with Crippen LogP contribution in [-0.2, 0) is 10.0 Å². The van der Waals surface area contributed by atoms with Gasteiger partial charge in [0.25, 0.3) is 0 Å². The fraction of sp³-hybridized carbons (Fsp3) is 0.467. The van der Waals surface area contributed by atoms with Gasteiger partial charge in [-0.1, -0.05) is 18.6 Å². The van der Waals surface area contributed by atoms with Gasteiger partial charge in [-0.3, -0.25) is 5.10 Å². The first kappa shape index (κ1) is 15.9. The number of methoxy groups -OCH3 is 1. The highest BCUT2D eigenvalue weighted by atomic mass is 32.2. The van der Waals surface area contributed by atoms with Gasteiger partial charge in [-0.05, 0) is 31.9 Å². The summed E-state index contributed by atoms with van der Waals surface area (Å²) in [5.41, 5.74) is 0. The molecule has 0 aliphatic carbocycles. The number of aromatic amines is 1. The van der Waals surface area contributed by atoms with Crippen LogP contribution < -0.4 is 4.74 Å². The topological polar surface area (TPSA) is 88.2 Å². The minimum absolute atomic E-state index is 0.182. The van der Waals surface area contributed by atoms with Gasteiger partial charge in [-0.15, -0.1) is 0 Å². The molecule has 8 heteroatoms. The van der Waals surface area contributed by atoms with Crippen molar-refractivity contribution in [2.75, 3.05) is 13.7 Å². The zero-order chi connectivity index (χ0) is 16.4. The first-order valence-electron chi connectivity index (χ1n) is 7.58. The van der Waals surface area contributed by atoms with Gasteiger partial charge in [0.1, 0.15) is 16.5 Å². The third-order valence-electron chi connectivity index (χ3n) is 4.02. The van der Waals surface area contributed by atoms with Crippen molar-refractivity contribution in [1.82, 2.24) is 19.5 Å². The minimum atomic E-state index is -3.68. The van der Waals surface area contributed by atoms with Crippen molar-refractivity contribution in [3.05, 3.63) is 35.9 Å². The van der Waals surface area contributed by atoms with Crippen LogP contribution >= 0.6 is 0 Å². The SMILES string of the molecule is COc1ccccc1S(=O)(=O)N1CCCCC1c1n[nH]c(C)n1. The van der Waals surface area contributed by atoms with Crippen LogP contribution in [0.4, 0.5) is 0 Å². The Morgan fingerprint density at radius 1 is 1.30 bits per heavy atom. The number of piperidine rings is 1. The smallest absolute Gasteiger partial charge is 0.247 e. The molecule has 1 saturated heterocycles. The molecule has 0 amide bonds. The van der Waals surface area contributed by atoms with Crippen LogP contribution in [0, 0.1) is 6.92 Å². The first-order valence-corrected chi connectivity index (χ1v) is 9.02. The summed E-state index contributed by atoms with van der Waals surface area (Å²) in [5.74, 6) is 1.56. The van der Waals surface area contributed by atoms with Crippen molar-refractivity contribution >= 4 is 10.0 Å². The lowest BCUT2D eigenvalue weighted by molar-refractivity contribution is 0.246. The standard InChI is InChI=1S/C15H20N4O3S/c1-11-16-15(18-17-11)12-7-5-6-10-19(12)23(20,21)14-9-4-3-8-13(14)22-2/h3-4,8-9,12H,5-7,10H2,1-2H3,(H,16,17,18). The zero-order valence-corrected chi connectivity index (χ0v) is 14.0. The monoisotopic (exact) mass is 336 g/mol. The van der Waals surface area contributed by atoms with E-state index >= 15 is 0 Å². The number of nitrogens with one attached hydrogen (secondary N) is 1. The third kappa shape index (κ3) is 2.96. The summed E-state index contributed by atoms with van der Waals surface area (Å²) in [7, 11) is -2.21. The molecule has 2 aromatic rings. The maximum absolute atomic E-state index is 13.1. The summed E-state index contributed by atoms with van der Waals surface area (Å²) in [6, 6.07) is 6.34. The summed E-state index contributed by atoms with van der Waals surface area (Å²) in [6.45, 7) is 2.26. The number of nitrogens with zero attached hydrogens (tertiary/aromatic N) is 3. The zero-order valence-electron chi connectivity index (χ0n) is 13.2. The van der Waals surface area contributed by atoms with Crippen LogP contribution in [0.25, 0.3) is 0 Å². The van der Waals surface area contributed by atoms with Crippen molar-refractivity contribution < 1.29 is 13.2 Å². The van der Waals surface area contributed by atoms with Gasteiger partial charge < -0.3 is 4.74 Å². The number of hydrogen-bond acceptors (Lipinski definition) is 5. The minimum Gasteiger partial charge on any atom is -0.495 e. The Morgan fingerprint density at radius 2 is 2.09 bits per heavy atom. The molecule has 1 fully saturated rings. The average Bonchev–Trinajstić information content (AvgIpc) is 3.01. The fourth-order valence-corrected chi connectivity index (χ4v) is 4.73. The maximum atomic E-state index is 13.1. The summed E-state index contributed by atoms with van der Waals surface area (Å²) in [5, 5.41) is 6.96. The molecule has 1 aromatic heterocycles. The molecular weight excluding hydrogens is 316 g/mol. The van der Waals surface area contributed by atoms with E-state index in [1.165, 1.54) is 11.4 Å². The van der Waals surface area contributed by atoms with Gasteiger partial charge in [-0.2, -0.15) is 9.40 Å². The lowest BCUT2D eigenvalue weighted by Crippen LogP contribution is -2.39. The molecule has 0 bridgehead atoms. The second-order valence-corrected chi connectivity index (χ2v) is 7.42. The quantitative estimate of drug-likeness (QED) is 0.923. The molecule has 1 aliphatic heterocycles. The number of rotatable bonds is 4. The van der Waals surface area contributed by atoms with E-state index in [1.807, 2.05) is 0 Å². The van der Waals surface area contributed by atoms with E-state index in [0.717, 1.165) is 12.8 Å². The second kappa shape index (κ2) is 6.29. The Balaban J connectivity index is 2.02. The number of para-hydroxylation sites is 1. The number of H-pyrrole nitrogens is 1. The summed E-state index contributed by atoms with van der Waals surface area (Å²) >= 11 is 0. The first-order chi connectivity index (χ1) is 11.0. The van der Waals surface area contributed by atoms with E-state index in [9.17, 15) is 8.42 Å². The lowest BCUT2D eigenvalue weighted by Gasteiger charge is -2.33. The molecular formula is C15H20N4O3S. The number of aromatic nitrogens is 3. The Morgan fingerprint density at radius 3 is 2.78 bits per heavy atom. The van der Waals surface area contributed by atoms with Crippen LogP contribution in [-0.4, -0.2) is 41.6 Å². The normalized spacial score (nSPS) is 19.7. The van der Waals surface area contributed by atoms with Crippen LogP contribution in [0.5, 0.6) is 5.75 Å². The molecule has 124 valence electrons. The van der Waals surface area contributed by atoms with Gasteiger partial charge in [-0.25, -0.2) is 13.4 Å². The van der Waals surface area contributed by atoms with E-state index in [4.69, 9.17) is 4.74 Å². The highest BCUT2D eigenvalue weighted by molar-refractivity contribution is 7.89. The number of benzene rings is 1. The fourth-order valence-electron chi connectivity index (χ4n) is 2.92. The summed E-state index contributed by atoms with van der Waals surface area (Å²) < 4.78 is 33.0.